The molecule has 7 nitrogen and oxygen atoms in total. The summed E-state index contributed by atoms with van der Waals surface area (Å²) in [6.45, 7) is 3.24. The van der Waals surface area contributed by atoms with Crippen LogP contribution in [0.4, 0.5) is 5.69 Å². The van der Waals surface area contributed by atoms with E-state index < -0.39 is 0 Å². The molecule has 0 unspecified atom stereocenters. The van der Waals surface area contributed by atoms with Crippen molar-refractivity contribution < 1.29 is 14.3 Å². The Balaban J connectivity index is 1.25. The highest BCUT2D eigenvalue weighted by Crippen LogP contribution is 2.33. The maximum atomic E-state index is 12.3. The number of imidazole rings is 1. The van der Waals surface area contributed by atoms with Crippen molar-refractivity contribution in [3.8, 4) is 11.5 Å². The maximum Gasteiger partial charge on any atom is 0.262 e. The third-order valence-electron chi connectivity index (χ3n) is 5.55. The molecule has 0 atom stereocenters. The Morgan fingerprint density at radius 1 is 1.09 bits per heavy atom. The first-order valence-electron chi connectivity index (χ1n) is 11.5. The molecule has 35 heavy (non-hydrogen) atoms. The van der Waals surface area contributed by atoms with E-state index in [9.17, 15) is 4.79 Å². The molecule has 1 heterocycles. The van der Waals surface area contributed by atoms with Gasteiger partial charge in [-0.2, -0.15) is 0 Å². The van der Waals surface area contributed by atoms with Gasteiger partial charge in [-0.15, -0.1) is 0 Å². The van der Waals surface area contributed by atoms with Crippen LogP contribution in [0.3, 0.4) is 0 Å². The minimum absolute atomic E-state index is 0.153. The Morgan fingerprint density at radius 2 is 1.89 bits per heavy atom. The van der Waals surface area contributed by atoms with E-state index in [4.69, 9.17) is 21.1 Å². The molecule has 0 aliphatic heterocycles. The van der Waals surface area contributed by atoms with Gasteiger partial charge < -0.3 is 25.1 Å². The van der Waals surface area contributed by atoms with Crippen molar-refractivity contribution in [1.29, 1.82) is 0 Å². The van der Waals surface area contributed by atoms with Crippen LogP contribution in [-0.2, 0) is 17.8 Å². The molecule has 3 aromatic carbocycles. The quantitative estimate of drug-likeness (QED) is 0.248. The summed E-state index contributed by atoms with van der Waals surface area (Å²) in [5.41, 5.74) is 4.78. The summed E-state index contributed by atoms with van der Waals surface area (Å²) in [6.07, 6.45) is 1.79. The lowest BCUT2D eigenvalue weighted by atomic mass is 10.2. The van der Waals surface area contributed by atoms with Crippen molar-refractivity contribution in [2.75, 3.05) is 25.6 Å². The number of aryl methyl sites for hydroxylation is 2. The number of carbonyl (C=O) groups is 1. The second-order valence-corrected chi connectivity index (χ2v) is 8.69. The van der Waals surface area contributed by atoms with Gasteiger partial charge in [0.2, 0.25) is 0 Å². The second kappa shape index (κ2) is 11.7. The molecule has 0 fully saturated rings. The summed E-state index contributed by atoms with van der Waals surface area (Å²) < 4.78 is 11.1. The Labute approximate surface area is 209 Å². The van der Waals surface area contributed by atoms with E-state index in [1.165, 1.54) is 0 Å². The monoisotopic (exact) mass is 492 g/mol. The average molecular weight is 493 g/mol. The second-order valence-electron chi connectivity index (χ2n) is 8.28. The van der Waals surface area contributed by atoms with E-state index in [0.717, 1.165) is 53.1 Å². The number of methoxy groups -OCH3 is 1. The number of ether oxygens (including phenoxy) is 2. The molecule has 0 spiro atoms. The zero-order chi connectivity index (χ0) is 24.6. The minimum Gasteiger partial charge on any atom is -0.493 e. The van der Waals surface area contributed by atoms with Crippen LogP contribution >= 0.6 is 11.6 Å². The molecule has 0 aliphatic rings. The number of aromatic amines is 1. The van der Waals surface area contributed by atoms with Gasteiger partial charge in [0.15, 0.2) is 18.1 Å². The van der Waals surface area contributed by atoms with Crippen LogP contribution in [0.5, 0.6) is 11.5 Å². The molecule has 182 valence electrons. The maximum absolute atomic E-state index is 12.3. The minimum atomic E-state index is -0.262. The molecule has 3 N–H and O–H groups in total. The molecule has 1 amide bonds. The SMILES string of the molecule is COc1cc(CNCCCc2nc3ccccc3[nH]2)c(Cl)cc1OCC(=O)Nc1ccc(C)cc1. The Morgan fingerprint density at radius 3 is 2.66 bits per heavy atom. The van der Waals surface area contributed by atoms with E-state index >= 15 is 0 Å². The van der Waals surface area contributed by atoms with E-state index in [-0.39, 0.29) is 12.5 Å². The molecular formula is C27H29ClN4O3. The van der Waals surface area contributed by atoms with Crippen molar-refractivity contribution >= 4 is 34.2 Å². The van der Waals surface area contributed by atoms with Crippen molar-refractivity contribution in [3.63, 3.8) is 0 Å². The number of hydrogen-bond acceptors (Lipinski definition) is 5. The van der Waals surface area contributed by atoms with Crippen LogP contribution in [0.2, 0.25) is 5.02 Å². The number of carbonyl (C=O) groups excluding carboxylic acids is 1. The van der Waals surface area contributed by atoms with Gasteiger partial charge in [0.1, 0.15) is 5.82 Å². The first-order valence-corrected chi connectivity index (χ1v) is 11.9. The summed E-state index contributed by atoms with van der Waals surface area (Å²) in [5, 5.41) is 6.77. The number of nitrogens with zero attached hydrogens (tertiary/aromatic N) is 1. The van der Waals surface area contributed by atoms with E-state index in [1.807, 2.05) is 61.5 Å². The summed E-state index contributed by atoms with van der Waals surface area (Å²) in [6, 6.07) is 19.1. The number of rotatable bonds is 11. The lowest BCUT2D eigenvalue weighted by Crippen LogP contribution is -2.20. The van der Waals surface area contributed by atoms with Crippen molar-refractivity contribution in [3.05, 3.63) is 82.6 Å². The van der Waals surface area contributed by atoms with Gasteiger partial charge in [0, 0.05) is 29.7 Å². The van der Waals surface area contributed by atoms with Crippen LogP contribution in [0.25, 0.3) is 11.0 Å². The predicted octanol–water partition coefficient (Wildman–Crippen LogP) is 5.27. The fraction of sp³-hybridized carbons (Fsp3) is 0.259. The van der Waals surface area contributed by atoms with Gasteiger partial charge in [-0.1, -0.05) is 41.4 Å². The lowest BCUT2D eigenvalue weighted by Gasteiger charge is -2.14. The predicted molar refractivity (Wildman–Crippen MR) is 139 cm³/mol. The molecule has 4 rings (SSSR count). The van der Waals surface area contributed by atoms with E-state index in [2.05, 4.69) is 20.6 Å². The van der Waals surface area contributed by atoms with E-state index in [1.54, 1.807) is 13.2 Å². The molecule has 0 radical (unpaired) electrons. The van der Waals surface area contributed by atoms with Gasteiger partial charge in [-0.3, -0.25) is 4.79 Å². The molecule has 8 heteroatoms. The van der Waals surface area contributed by atoms with Gasteiger partial charge in [0.05, 0.1) is 18.1 Å². The van der Waals surface area contributed by atoms with Gasteiger partial charge in [-0.05, 0) is 55.8 Å². The number of nitrogens with one attached hydrogen (secondary N) is 3. The molecule has 0 saturated heterocycles. The number of fused-ring (bicyclic) bond motifs is 1. The third-order valence-corrected chi connectivity index (χ3v) is 5.90. The molecule has 4 aromatic rings. The highest BCUT2D eigenvalue weighted by molar-refractivity contribution is 6.31. The van der Waals surface area contributed by atoms with E-state index in [0.29, 0.717) is 23.1 Å². The van der Waals surface area contributed by atoms with Crippen LogP contribution in [0.15, 0.2) is 60.7 Å². The fourth-order valence-electron chi connectivity index (χ4n) is 3.69. The van der Waals surface area contributed by atoms with Crippen LogP contribution < -0.4 is 20.1 Å². The standard InChI is InChI=1S/C27H29ClN4O3/c1-18-9-11-20(12-10-18)30-27(33)17-35-25-15-21(28)19(14-24(25)34-2)16-29-13-5-8-26-31-22-6-3-4-7-23(22)32-26/h3-4,6-7,9-12,14-15,29H,5,8,13,16-17H2,1-2H3,(H,30,33)(H,31,32). The highest BCUT2D eigenvalue weighted by atomic mass is 35.5. The summed E-state index contributed by atoms with van der Waals surface area (Å²) in [4.78, 5) is 20.2. The number of hydrogen-bond donors (Lipinski definition) is 3. The topological polar surface area (TPSA) is 88.3 Å². The van der Waals surface area contributed by atoms with Crippen LogP contribution in [0.1, 0.15) is 23.4 Å². The number of aromatic nitrogens is 2. The normalized spacial score (nSPS) is 10.9. The molecule has 0 saturated carbocycles. The number of amides is 1. The Kier molecular flexibility index (Phi) is 8.23. The van der Waals surface area contributed by atoms with Gasteiger partial charge in [0.25, 0.3) is 5.91 Å². The zero-order valence-corrected chi connectivity index (χ0v) is 20.6. The third kappa shape index (κ3) is 6.74. The van der Waals surface area contributed by atoms with Crippen molar-refractivity contribution in [1.82, 2.24) is 15.3 Å². The largest absolute Gasteiger partial charge is 0.493 e. The first kappa shape index (κ1) is 24.6. The molecular weight excluding hydrogens is 464 g/mol. The lowest BCUT2D eigenvalue weighted by molar-refractivity contribution is -0.118. The molecule has 0 bridgehead atoms. The Hall–Kier alpha value is -3.55. The first-order chi connectivity index (χ1) is 17.0. The molecule has 1 aromatic heterocycles. The zero-order valence-electron chi connectivity index (χ0n) is 19.9. The Bertz CT molecular complexity index is 1250. The number of benzene rings is 3. The average Bonchev–Trinajstić information content (AvgIpc) is 3.28. The fourth-order valence-corrected chi connectivity index (χ4v) is 3.91. The summed E-state index contributed by atoms with van der Waals surface area (Å²) in [7, 11) is 1.56. The number of anilines is 1. The number of halogens is 1. The number of H-pyrrole nitrogens is 1. The smallest absolute Gasteiger partial charge is 0.262 e. The summed E-state index contributed by atoms with van der Waals surface area (Å²) >= 11 is 6.48. The van der Waals surface area contributed by atoms with Gasteiger partial charge in [-0.25, -0.2) is 4.98 Å². The highest BCUT2D eigenvalue weighted by Gasteiger charge is 2.13. The van der Waals surface area contributed by atoms with Crippen molar-refractivity contribution in [2.24, 2.45) is 0 Å². The summed E-state index contributed by atoms with van der Waals surface area (Å²) in [5.74, 6) is 1.67. The number of para-hydroxylation sites is 2. The van der Waals surface area contributed by atoms with Gasteiger partial charge >= 0.3 is 0 Å². The van der Waals surface area contributed by atoms with Crippen LogP contribution in [-0.4, -0.2) is 36.1 Å². The van der Waals surface area contributed by atoms with Crippen LogP contribution in [0, 0.1) is 6.92 Å². The van der Waals surface area contributed by atoms with Crippen molar-refractivity contribution in [2.45, 2.75) is 26.3 Å². The molecule has 0 aliphatic carbocycles.